The summed E-state index contributed by atoms with van der Waals surface area (Å²) in [6.45, 7) is 5.67. The normalized spacial score (nSPS) is 13.1. The number of carboxylic acid groups (broad SMARTS) is 1. The van der Waals surface area contributed by atoms with Crippen LogP contribution in [0.4, 0.5) is 0 Å². The standard InChI is InChI=1S/C19H15NO4/c1-11(2)14-7-4-8-15-16(14)18(22)20(17(15)21)10-12-5-3-6-13(9-12)19(23)24/h3-9H,1,10H2,2H3,(H,23,24). The van der Waals surface area contributed by atoms with Crippen molar-refractivity contribution in [3.8, 4) is 0 Å². The van der Waals surface area contributed by atoms with Crippen LogP contribution < -0.4 is 0 Å². The molecule has 0 bridgehead atoms. The fourth-order valence-electron chi connectivity index (χ4n) is 2.82. The number of imide groups is 1. The summed E-state index contributed by atoms with van der Waals surface area (Å²) < 4.78 is 0. The summed E-state index contributed by atoms with van der Waals surface area (Å²) in [6, 6.07) is 11.3. The Morgan fingerprint density at radius 2 is 1.83 bits per heavy atom. The van der Waals surface area contributed by atoms with Crippen molar-refractivity contribution < 1.29 is 19.5 Å². The Balaban J connectivity index is 1.97. The molecule has 5 heteroatoms. The number of carboxylic acids is 1. The molecule has 120 valence electrons. The van der Waals surface area contributed by atoms with Gasteiger partial charge in [0.15, 0.2) is 0 Å². The van der Waals surface area contributed by atoms with Crippen LogP contribution in [-0.2, 0) is 6.54 Å². The van der Waals surface area contributed by atoms with E-state index in [-0.39, 0.29) is 23.9 Å². The van der Waals surface area contributed by atoms with Crippen LogP contribution in [0.5, 0.6) is 0 Å². The maximum Gasteiger partial charge on any atom is 0.335 e. The second-order valence-corrected chi connectivity index (χ2v) is 5.71. The largest absolute Gasteiger partial charge is 0.478 e. The Hall–Kier alpha value is -3.21. The van der Waals surface area contributed by atoms with E-state index in [2.05, 4.69) is 6.58 Å². The molecular formula is C19H15NO4. The van der Waals surface area contributed by atoms with Crippen molar-refractivity contribution in [1.29, 1.82) is 0 Å². The molecule has 0 radical (unpaired) electrons. The molecule has 2 amide bonds. The van der Waals surface area contributed by atoms with Gasteiger partial charge in [-0.15, -0.1) is 0 Å². The van der Waals surface area contributed by atoms with Gasteiger partial charge in [-0.25, -0.2) is 4.79 Å². The first-order valence-electron chi connectivity index (χ1n) is 7.37. The van der Waals surface area contributed by atoms with Crippen LogP contribution in [0.25, 0.3) is 5.57 Å². The topological polar surface area (TPSA) is 74.7 Å². The highest BCUT2D eigenvalue weighted by atomic mass is 16.4. The first kappa shape index (κ1) is 15.7. The zero-order chi connectivity index (χ0) is 17.4. The molecule has 0 saturated heterocycles. The van der Waals surface area contributed by atoms with Gasteiger partial charge in [-0.1, -0.05) is 36.4 Å². The monoisotopic (exact) mass is 321 g/mol. The lowest BCUT2D eigenvalue weighted by atomic mass is 9.98. The second kappa shape index (κ2) is 5.77. The summed E-state index contributed by atoms with van der Waals surface area (Å²) in [4.78, 5) is 37.5. The maximum absolute atomic E-state index is 12.7. The van der Waals surface area contributed by atoms with E-state index in [9.17, 15) is 14.4 Å². The minimum Gasteiger partial charge on any atom is -0.478 e. The average Bonchev–Trinajstić information content (AvgIpc) is 2.80. The quantitative estimate of drug-likeness (QED) is 0.877. The smallest absolute Gasteiger partial charge is 0.335 e. The summed E-state index contributed by atoms with van der Waals surface area (Å²) in [5.74, 6) is -1.81. The van der Waals surface area contributed by atoms with Gasteiger partial charge in [-0.05, 0) is 36.2 Å². The van der Waals surface area contributed by atoms with Gasteiger partial charge in [0.2, 0.25) is 0 Å². The number of carbonyl (C=O) groups excluding carboxylic acids is 2. The lowest BCUT2D eigenvalue weighted by molar-refractivity contribution is 0.0641. The molecule has 5 nitrogen and oxygen atoms in total. The van der Waals surface area contributed by atoms with Gasteiger partial charge >= 0.3 is 5.97 Å². The SMILES string of the molecule is C=C(C)c1cccc2c1C(=O)N(Cc1cccc(C(=O)O)c1)C2=O. The minimum atomic E-state index is -1.05. The number of hydrogen-bond donors (Lipinski definition) is 1. The molecule has 0 aliphatic carbocycles. The third-order valence-electron chi connectivity index (χ3n) is 3.97. The molecule has 0 fully saturated rings. The number of fused-ring (bicyclic) bond motifs is 1. The van der Waals surface area contributed by atoms with E-state index in [0.717, 1.165) is 4.90 Å². The van der Waals surface area contributed by atoms with E-state index in [0.29, 0.717) is 27.8 Å². The molecule has 1 N–H and O–H groups in total. The number of allylic oxidation sites excluding steroid dienone is 1. The Labute approximate surface area is 138 Å². The lowest BCUT2D eigenvalue weighted by Gasteiger charge is -2.14. The van der Waals surface area contributed by atoms with Crippen LogP contribution in [0.2, 0.25) is 0 Å². The highest BCUT2D eigenvalue weighted by Gasteiger charge is 2.37. The van der Waals surface area contributed by atoms with Gasteiger partial charge in [0.25, 0.3) is 11.8 Å². The molecule has 0 atom stereocenters. The molecule has 0 saturated carbocycles. The summed E-state index contributed by atoms with van der Waals surface area (Å²) in [6.07, 6.45) is 0. The molecule has 3 rings (SSSR count). The molecule has 2 aromatic carbocycles. The average molecular weight is 321 g/mol. The number of aromatic carboxylic acids is 1. The van der Waals surface area contributed by atoms with Gasteiger partial charge in [0.05, 0.1) is 23.2 Å². The summed E-state index contributed by atoms with van der Waals surface area (Å²) in [7, 11) is 0. The third kappa shape index (κ3) is 2.50. The molecule has 1 aliphatic heterocycles. The minimum absolute atomic E-state index is 0.0309. The van der Waals surface area contributed by atoms with Crippen molar-refractivity contribution >= 4 is 23.4 Å². The number of hydrogen-bond acceptors (Lipinski definition) is 3. The van der Waals surface area contributed by atoms with E-state index < -0.39 is 5.97 Å². The van der Waals surface area contributed by atoms with E-state index in [1.807, 2.05) is 0 Å². The maximum atomic E-state index is 12.7. The van der Waals surface area contributed by atoms with E-state index in [4.69, 9.17) is 5.11 Å². The van der Waals surface area contributed by atoms with Crippen molar-refractivity contribution in [2.75, 3.05) is 0 Å². The van der Waals surface area contributed by atoms with Crippen LogP contribution in [0.15, 0.2) is 49.0 Å². The second-order valence-electron chi connectivity index (χ2n) is 5.71. The van der Waals surface area contributed by atoms with Gasteiger partial charge in [-0.2, -0.15) is 0 Å². The van der Waals surface area contributed by atoms with Crippen LogP contribution in [-0.4, -0.2) is 27.8 Å². The molecule has 0 aromatic heterocycles. The van der Waals surface area contributed by atoms with Gasteiger partial charge in [0.1, 0.15) is 0 Å². The number of rotatable bonds is 4. The predicted octanol–water partition coefficient (Wildman–Crippen LogP) is 3.21. The molecule has 24 heavy (non-hydrogen) atoms. The summed E-state index contributed by atoms with van der Waals surface area (Å²) in [5, 5.41) is 9.06. The first-order chi connectivity index (χ1) is 11.4. The number of amides is 2. The number of nitrogens with zero attached hydrogens (tertiary/aromatic N) is 1. The fraction of sp³-hybridized carbons (Fsp3) is 0.105. The van der Waals surface area contributed by atoms with Crippen molar-refractivity contribution in [2.45, 2.75) is 13.5 Å². The Kier molecular flexibility index (Phi) is 3.77. The van der Waals surface area contributed by atoms with Gasteiger partial charge in [0, 0.05) is 0 Å². The molecule has 1 aliphatic rings. The van der Waals surface area contributed by atoms with Crippen molar-refractivity contribution in [2.24, 2.45) is 0 Å². The molecule has 0 spiro atoms. The number of benzene rings is 2. The van der Waals surface area contributed by atoms with Crippen LogP contribution in [0.3, 0.4) is 0 Å². The van der Waals surface area contributed by atoms with Gasteiger partial charge < -0.3 is 5.11 Å². The highest BCUT2D eigenvalue weighted by Crippen LogP contribution is 2.30. The van der Waals surface area contributed by atoms with E-state index in [1.54, 1.807) is 37.3 Å². The van der Waals surface area contributed by atoms with Gasteiger partial charge in [-0.3, -0.25) is 14.5 Å². The van der Waals surface area contributed by atoms with Crippen LogP contribution in [0, 0.1) is 0 Å². The zero-order valence-corrected chi connectivity index (χ0v) is 13.1. The highest BCUT2D eigenvalue weighted by molar-refractivity contribution is 6.23. The number of carbonyl (C=O) groups is 3. The lowest BCUT2D eigenvalue weighted by Crippen LogP contribution is -2.29. The first-order valence-corrected chi connectivity index (χ1v) is 7.37. The van der Waals surface area contributed by atoms with E-state index in [1.165, 1.54) is 12.1 Å². The van der Waals surface area contributed by atoms with Crippen molar-refractivity contribution in [3.63, 3.8) is 0 Å². The zero-order valence-electron chi connectivity index (χ0n) is 13.1. The Morgan fingerprint density at radius 3 is 2.50 bits per heavy atom. The Bertz CT molecular complexity index is 898. The molecule has 2 aromatic rings. The Morgan fingerprint density at radius 1 is 1.12 bits per heavy atom. The summed E-state index contributed by atoms with van der Waals surface area (Å²) >= 11 is 0. The summed E-state index contributed by atoms with van der Waals surface area (Å²) in [5.41, 5.74) is 2.79. The van der Waals surface area contributed by atoms with E-state index >= 15 is 0 Å². The fourth-order valence-corrected chi connectivity index (χ4v) is 2.82. The predicted molar refractivity (Wildman–Crippen MR) is 88.8 cm³/mol. The molecular weight excluding hydrogens is 306 g/mol. The molecule has 0 unspecified atom stereocenters. The van der Waals surface area contributed by atoms with Crippen LogP contribution >= 0.6 is 0 Å². The van der Waals surface area contributed by atoms with Crippen LogP contribution in [0.1, 0.15) is 49.1 Å². The van der Waals surface area contributed by atoms with Crippen molar-refractivity contribution in [1.82, 2.24) is 4.90 Å². The van der Waals surface area contributed by atoms with Crippen molar-refractivity contribution in [3.05, 3.63) is 76.9 Å². The molecule has 1 heterocycles. The third-order valence-corrected chi connectivity index (χ3v) is 3.97.